The van der Waals surface area contributed by atoms with Gasteiger partial charge in [-0.05, 0) is 30.7 Å². The second-order valence-corrected chi connectivity index (χ2v) is 5.88. The van der Waals surface area contributed by atoms with Gasteiger partial charge in [0.1, 0.15) is 5.76 Å². The molecular weight excluding hydrogens is 270 g/mol. The summed E-state index contributed by atoms with van der Waals surface area (Å²) in [6.07, 6.45) is 4.36. The molecule has 4 nitrogen and oxygen atoms in total. The zero-order valence-electron chi connectivity index (χ0n) is 11.1. The second-order valence-electron chi connectivity index (χ2n) is 4.76. The van der Waals surface area contributed by atoms with E-state index in [1.54, 1.807) is 17.6 Å². The summed E-state index contributed by atoms with van der Waals surface area (Å²) in [5.41, 5.74) is 3.95. The van der Waals surface area contributed by atoms with Crippen LogP contribution in [0.3, 0.4) is 0 Å². The molecule has 3 aromatic rings. The third-order valence-electron chi connectivity index (χ3n) is 3.31. The predicted octanol–water partition coefficient (Wildman–Crippen LogP) is 2.90. The Kier molecular flexibility index (Phi) is 4.11. The van der Waals surface area contributed by atoms with E-state index in [9.17, 15) is 0 Å². The fourth-order valence-electron chi connectivity index (χ4n) is 2.23. The number of benzene rings is 1. The Morgan fingerprint density at radius 2 is 2.15 bits per heavy atom. The van der Waals surface area contributed by atoms with Crippen LogP contribution in [0.15, 0.2) is 47.1 Å². The molecule has 0 saturated carbocycles. The molecule has 2 heterocycles. The first-order valence-corrected chi connectivity index (χ1v) is 7.50. The summed E-state index contributed by atoms with van der Waals surface area (Å²) in [5.74, 6) is 6.65. The van der Waals surface area contributed by atoms with Gasteiger partial charge in [0, 0.05) is 18.9 Å². The smallest absolute Gasteiger partial charge is 0.103 e. The van der Waals surface area contributed by atoms with Crippen LogP contribution in [0.5, 0.6) is 0 Å². The molecule has 3 N–H and O–H groups in total. The maximum absolute atomic E-state index is 5.65. The van der Waals surface area contributed by atoms with E-state index in [1.807, 2.05) is 30.3 Å². The van der Waals surface area contributed by atoms with E-state index in [0.29, 0.717) is 0 Å². The molecule has 0 aliphatic rings. The third kappa shape index (κ3) is 3.07. The number of para-hydroxylation sites is 1. The maximum atomic E-state index is 5.65. The fourth-order valence-corrected chi connectivity index (χ4v) is 3.28. The van der Waals surface area contributed by atoms with Crippen molar-refractivity contribution in [3.8, 4) is 0 Å². The van der Waals surface area contributed by atoms with Crippen molar-refractivity contribution >= 4 is 21.6 Å². The normalized spacial score (nSPS) is 12.8. The van der Waals surface area contributed by atoms with E-state index >= 15 is 0 Å². The molecule has 104 valence electrons. The van der Waals surface area contributed by atoms with Crippen LogP contribution < -0.4 is 11.3 Å². The minimum Gasteiger partial charge on any atom is -0.469 e. The van der Waals surface area contributed by atoms with Gasteiger partial charge in [-0.3, -0.25) is 11.3 Å². The molecule has 0 amide bonds. The van der Waals surface area contributed by atoms with Crippen molar-refractivity contribution in [3.63, 3.8) is 0 Å². The number of nitrogens with zero attached hydrogens (tertiary/aromatic N) is 1. The van der Waals surface area contributed by atoms with Crippen molar-refractivity contribution in [1.82, 2.24) is 10.4 Å². The number of nitrogens with two attached hydrogens (primary N) is 1. The molecule has 0 fully saturated rings. The highest BCUT2D eigenvalue weighted by atomic mass is 32.1. The molecule has 3 rings (SSSR count). The highest BCUT2D eigenvalue weighted by molar-refractivity contribution is 7.18. The number of rotatable bonds is 6. The number of thiazole rings is 1. The molecule has 1 unspecified atom stereocenters. The van der Waals surface area contributed by atoms with Gasteiger partial charge in [0.2, 0.25) is 0 Å². The lowest BCUT2D eigenvalue weighted by molar-refractivity contribution is 0.447. The first kappa shape index (κ1) is 13.3. The molecule has 0 radical (unpaired) electrons. The Morgan fingerprint density at radius 1 is 1.25 bits per heavy atom. The monoisotopic (exact) mass is 287 g/mol. The number of fused-ring (bicyclic) bond motifs is 1. The Hall–Kier alpha value is -1.69. The molecule has 5 heteroatoms. The lowest BCUT2D eigenvalue weighted by Crippen LogP contribution is -2.37. The summed E-state index contributed by atoms with van der Waals surface area (Å²) >= 11 is 1.73. The molecule has 2 aromatic heterocycles. The Labute approximate surface area is 121 Å². The largest absolute Gasteiger partial charge is 0.469 e. The van der Waals surface area contributed by atoms with Crippen LogP contribution in [-0.2, 0) is 12.8 Å². The number of nitrogens with one attached hydrogen (secondary N) is 1. The van der Waals surface area contributed by atoms with Crippen molar-refractivity contribution in [2.24, 2.45) is 5.84 Å². The molecule has 0 aliphatic carbocycles. The third-order valence-corrected chi connectivity index (χ3v) is 4.37. The van der Waals surface area contributed by atoms with E-state index in [0.717, 1.165) is 35.5 Å². The van der Waals surface area contributed by atoms with Gasteiger partial charge in [0.15, 0.2) is 0 Å². The van der Waals surface area contributed by atoms with Crippen molar-refractivity contribution in [3.05, 3.63) is 53.4 Å². The summed E-state index contributed by atoms with van der Waals surface area (Å²) in [6, 6.07) is 12.3. The maximum Gasteiger partial charge on any atom is 0.103 e. The van der Waals surface area contributed by atoms with Gasteiger partial charge in [0.25, 0.3) is 0 Å². The highest BCUT2D eigenvalue weighted by Crippen LogP contribution is 2.23. The number of hydrogen-bond acceptors (Lipinski definition) is 5. The van der Waals surface area contributed by atoms with E-state index in [1.165, 1.54) is 4.70 Å². The molecular formula is C15H17N3OS. The SMILES string of the molecule is NNC(CCc1ccco1)Cc1nc2ccccc2s1. The quantitative estimate of drug-likeness (QED) is 0.540. The molecule has 0 aliphatic heterocycles. The zero-order valence-corrected chi connectivity index (χ0v) is 11.9. The second kappa shape index (κ2) is 6.17. The van der Waals surface area contributed by atoms with E-state index < -0.39 is 0 Å². The number of hydrogen-bond donors (Lipinski definition) is 2. The Bertz CT molecular complexity index is 630. The molecule has 0 saturated heterocycles. The van der Waals surface area contributed by atoms with E-state index in [4.69, 9.17) is 10.3 Å². The van der Waals surface area contributed by atoms with Gasteiger partial charge in [-0.1, -0.05) is 12.1 Å². The van der Waals surface area contributed by atoms with Crippen molar-refractivity contribution in [2.45, 2.75) is 25.3 Å². The van der Waals surface area contributed by atoms with Gasteiger partial charge in [-0.25, -0.2) is 4.98 Å². The summed E-state index contributed by atoms with van der Waals surface area (Å²) in [6.45, 7) is 0. The van der Waals surface area contributed by atoms with Gasteiger partial charge in [0.05, 0.1) is 21.5 Å². The van der Waals surface area contributed by atoms with Gasteiger partial charge in [-0.2, -0.15) is 0 Å². The predicted molar refractivity (Wildman–Crippen MR) is 81.5 cm³/mol. The summed E-state index contributed by atoms with van der Waals surface area (Å²) in [7, 11) is 0. The summed E-state index contributed by atoms with van der Waals surface area (Å²) < 4.78 is 6.57. The molecule has 0 bridgehead atoms. The molecule has 20 heavy (non-hydrogen) atoms. The van der Waals surface area contributed by atoms with Crippen LogP contribution in [-0.4, -0.2) is 11.0 Å². The molecule has 1 atom stereocenters. The van der Waals surface area contributed by atoms with E-state index in [2.05, 4.69) is 16.5 Å². The average molecular weight is 287 g/mol. The highest BCUT2D eigenvalue weighted by Gasteiger charge is 2.12. The Balaban J connectivity index is 1.64. The van der Waals surface area contributed by atoms with Crippen LogP contribution in [0.4, 0.5) is 0 Å². The van der Waals surface area contributed by atoms with E-state index in [-0.39, 0.29) is 6.04 Å². The molecule has 1 aromatic carbocycles. The van der Waals surface area contributed by atoms with Crippen molar-refractivity contribution < 1.29 is 4.42 Å². The first-order chi connectivity index (χ1) is 9.85. The van der Waals surface area contributed by atoms with Crippen LogP contribution >= 0.6 is 11.3 Å². The van der Waals surface area contributed by atoms with Gasteiger partial charge in [-0.15, -0.1) is 11.3 Å². The van der Waals surface area contributed by atoms with Crippen molar-refractivity contribution in [2.75, 3.05) is 0 Å². The minimum atomic E-state index is 0.209. The van der Waals surface area contributed by atoms with Gasteiger partial charge < -0.3 is 4.42 Å². The summed E-state index contributed by atoms with van der Waals surface area (Å²) in [5, 5.41) is 1.12. The number of hydrazine groups is 1. The number of aryl methyl sites for hydroxylation is 1. The fraction of sp³-hybridized carbons (Fsp3) is 0.267. The lowest BCUT2D eigenvalue weighted by atomic mass is 10.1. The topological polar surface area (TPSA) is 64.1 Å². The minimum absolute atomic E-state index is 0.209. The Morgan fingerprint density at radius 3 is 2.90 bits per heavy atom. The standard InChI is InChI=1S/C15H17N3OS/c16-18-11(7-8-12-4-3-9-19-12)10-15-17-13-5-1-2-6-14(13)20-15/h1-6,9,11,18H,7-8,10,16H2. The molecule has 0 spiro atoms. The number of aromatic nitrogens is 1. The zero-order chi connectivity index (χ0) is 13.8. The average Bonchev–Trinajstić information content (AvgIpc) is 3.11. The van der Waals surface area contributed by atoms with Crippen LogP contribution in [0.2, 0.25) is 0 Å². The number of furan rings is 1. The lowest BCUT2D eigenvalue weighted by Gasteiger charge is -2.13. The van der Waals surface area contributed by atoms with Crippen LogP contribution in [0.1, 0.15) is 17.2 Å². The van der Waals surface area contributed by atoms with Gasteiger partial charge >= 0.3 is 0 Å². The van der Waals surface area contributed by atoms with Crippen LogP contribution in [0.25, 0.3) is 10.2 Å². The van der Waals surface area contributed by atoms with Crippen LogP contribution in [0, 0.1) is 0 Å². The first-order valence-electron chi connectivity index (χ1n) is 6.68. The summed E-state index contributed by atoms with van der Waals surface area (Å²) in [4.78, 5) is 4.64. The van der Waals surface area contributed by atoms with Crippen molar-refractivity contribution in [1.29, 1.82) is 0 Å².